The number of anilines is 1. The van der Waals surface area contributed by atoms with Crippen molar-refractivity contribution in [2.24, 2.45) is 5.92 Å². The van der Waals surface area contributed by atoms with E-state index in [1.54, 1.807) is 6.20 Å². The third-order valence-corrected chi connectivity index (χ3v) is 5.50. The van der Waals surface area contributed by atoms with E-state index in [2.05, 4.69) is 15.2 Å². The smallest absolute Gasteiger partial charge is 0.269 e. The molecule has 0 spiro atoms. The summed E-state index contributed by atoms with van der Waals surface area (Å²) in [7, 11) is 0. The van der Waals surface area contributed by atoms with E-state index in [0.717, 1.165) is 38.3 Å². The molecule has 2 aliphatic rings. The van der Waals surface area contributed by atoms with Gasteiger partial charge in [0.15, 0.2) is 0 Å². The molecule has 1 aliphatic heterocycles. The van der Waals surface area contributed by atoms with Crippen molar-refractivity contribution in [3.63, 3.8) is 0 Å². The van der Waals surface area contributed by atoms with Crippen molar-refractivity contribution < 1.29 is 9.59 Å². The molecule has 1 N–H and O–H groups in total. The second kappa shape index (κ2) is 9.01. The quantitative estimate of drug-likeness (QED) is 0.878. The molecule has 0 unspecified atom stereocenters. The molecule has 142 valence electrons. The number of carbonyl (C=O) groups excluding carboxylic acids is 2. The molecule has 0 atom stereocenters. The maximum absolute atomic E-state index is 12.6. The van der Waals surface area contributed by atoms with Gasteiger partial charge in [0.25, 0.3) is 5.91 Å². The van der Waals surface area contributed by atoms with Crippen LogP contribution in [0.15, 0.2) is 18.3 Å². The first-order chi connectivity index (χ1) is 12.7. The number of nitrogens with one attached hydrogen (secondary N) is 1. The molecule has 0 bridgehead atoms. The van der Waals surface area contributed by atoms with Crippen LogP contribution in [-0.4, -0.2) is 54.4 Å². The average molecular weight is 358 g/mol. The molecule has 1 saturated carbocycles. The van der Waals surface area contributed by atoms with Crippen molar-refractivity contribution in [2.75, 3.05) is 37.6 Å². The molecule has 2 amide bonds. The van der Waals surface area contributed by atoms with Crippen LogP contribution in [0.1, 0.15) is 55.9 Å². The topological polar surface area (TPSA) is 65.5 Å². The minimum Gasteiger partial charge on any atom is -0.368 e. The number of rotatable bonds is 5. The molecule has 1 aromatic heterocycles. The summed E-state index contributed by atoms with van der Waals surface area (Å²) in [6, 6.07) is 3.77. The van der Waals surface area contributed by atoms with E-state index >= 15 is 0 Å². The zero-order valence-electron chi connectivity index (χ0n) is 15.7. The Balaban J connectivity index is 1.52. The molecule has 3 rings (SSSR count). The molecule has 0 aromatic carbocycles. The van der Waals surface area contributed by atoms with Crippen LogP contribution in [0.4, 0.5) is 5.69 Å². The number of nitrogens with zero attached hydrogens (tertiary/aromatic N) is 3. The van der Waals surface area contributed by atoms with Gasteiger partial charge in [-0.3, -0.25) is 14.6 Å². The Bertz CT molecular complexity index is 620. The fourth-order valence-electron chi connectivity index (χ4n) is 3.97. The molecule has 26 heavy (non-hydrogen) atoms. The molecule has 6 heteroatoms. The lowest BCUT2D eigenvalue weighted by atomic mass is 9.86. The van der Waals surface area contributed by atoms with E-state index in [1.165, 1.54) is 32.1 Å². The Labute approximate surface area is 156 Å². The SMILES string of the molecule is CCNC(=O)c1cc(N2CCN(C(=O)CC3CCCCC3)CC2)ccn1. The molecular weight excluding hydrogens is 328 g/mol. The first-order valence-corrected chi connectivity index (χ1v) is 9.94. The number of hydrogen-bond acceptors (Lipinski definition) is 4. The lowest BCUT2D eigenvalue weighted by molar-refractivity contribution is -0.132. The summed E-state index contributed by atoms with van der Waals surface area (Å²) < 4.78 is 0. The van der Waals surface area contributed by atoms with Gasteiger partial charge >= 0.3 is 0 Å². The highest BCUT2D eigenvalue weighted by molar-refractivity contribution is 5.93. The van der Waals surface area contributed by atoms with Gasteiger partial charge in [0.2, 0.25) is 5.91 Å². The van der Waals surface area contributed by atoms with Crippen LogP contribution in [0.5, 0.6) is 0 Å². The summed E-state index contributed by atoms with van der Waals surface area (Å²) >= 11 is 0. The van der Waals surface area contributed by atoms with E-state index in [-0.39, 0.29) is 5.91 Å². The summed E-state index contributed by atoms with van der Waals surface area (Å²) in [6.07, 6.45) is 8.71. The Kier molecular flexibility index (Phi) is 6.47. The number of aromatic nitrogens is 1. The zero-order chi connectivity index (χ0) is 18.4. The molecule has 2 heterocycles. The molecule has 1 aromatic rings. The second-order valence-corrected chi connectivity index (χ2v) is 7.33. The van der Waals surface area contributed by atoms with E-state index in [1.807, 2.05) is 24.0 Å². The fourth-order valence-corrected chi connectivity index (χ4v) is 3.97. The largest absolute Gasteiger partial charge is 0.368 e. The fraction of sp³-hybridized carbons (Fsp3) is 0.650. The van der Waals surface area contributed by atoms with Crippen molar-refractivity contribution >= 4 is 17.5 Å². The van der Waals surface area contributed by atoms with Crippen molar-refractivity contribution in [1.82, 2.24) is 15.2 Å². The Morgan fingerprint density at radius 1 is 1.15 bits per heavy atom. The van der Waals surface area contributed by atoms with E-state index in [4.69, 9.17) is 0 Å². The number of pyridine rings is 1. The van der Waals surface area contributed by atoms with Gasteiger partial charge in [-0.25, -0.2) is 0 Å². The van der Waals surface area contributed by atoms with Crippen LogP contribution < -0.4 is 10.2 Å². The van der Waals surface area contributed by atoms with Gasteiger partial charge in [-0.1, -0.05) is 19.3 Å². The van der Waals surface area contributed by atoms with Gasteiger partial charge < -0.3 is 15.1 Å². The predicted molar refractivity (Wildman–Crippen MR) is 102 cm³/mol. The summed E-state index contributed by atoms with van der Waals surface area (Å²) in [4.78, 5) is 32.9. The van der Waals surface area contributed by atoms with Crippen LogP contribution >= 0.6 is 0 Å². The highest BCUT2D eigenvalue weighted by Gasteiger charge is 2.25. The third kappa shape index (κ3) is 4.74. The average Bonchev–Trinajstić information content (AvgIpc) is 2.69. The number of carbonyl (C=O) groups is 2. The summed E-state index contributed by atoms with van der Waals surface area (Å²) in [5.74, 6) is 0.763. The highest BCUT2D eigenvalue weighted by atomic mass is 16.2. The lowest BCUT2D eigenvalue weighted by Crippen LogP contribution is -2.49. The van der Waals surface area contributed by atoms with Gasteiger partial charge in [-0.15, -0.1) is 0 Å². The first kappa shape index (κ1) is 18.7. The van der Waals surface area contributed by atoms with E-state index in [0.29, 0.717) is 24.1 Å². The minimum atomic E-state index is -0.143. The molecular formula is C20H30N4O2. The number of hydrogen-bond donors (Lipinski definition) is 1. The van der Waals surface area contributed by atoms with E-state index < -0.39 is 0 Å². The van der Waals surface area contributed by atoms with Crippen LogP contribution in [0.25, 0.3) is 0 Å². The first-order valence-electron chi connectivity index (χ1n) is 9.94. The maximum Gasteiger partial charge on any atom is 0.269 e. The standard InChI is InChI=1S/C20H30N4O2/c1-2-21-20(26)18-15-17(8-9-22-18)23-10-12-24(13-11-23)19(25)14-16-6-4-3-5-7-16/h8-9,15-16H,2-7,10-14H2,1H3,(H,21,26). The van der Waals surface area contributed by atoms with Crippen LogP contribution in [0, 0.1) is 5.92 Å². The molecule has 1 aliphatic carbocycles. The summed E-state index contributed by atoms with van der Waals surface area (Å²) in [6.45, 7) is 5.59. The predicted octanol–water partition coefficient (Wildman–Crippen LogP) is 2.45. The van der Waals surface area contributed by atoms with Crippen LogP contribution in [-0.2, 0) is 4.79 Å². The maximum atomic E-state index is 12.6. The van der Waals surface area contributed by atoms with Crippen LogP contribution in [0.2, 0.25) is 0 Å². The van der Waals surface area contributed by atoms with Crippen molar-refractivity contribution in [3.8, 4) is 0 Å². The number of amides is 2. The Morgan fingerprint density at radius 3 is 2.58 bits per heavy atom. The summed E-state index contributed by atoms with van der Waals surface area (Å²) in [5, 5.41) is 2.78. The van der Waals surface area contributed by atoms with Crippen LogP contribution in [0.3, 0.4) is 0 Å². The van der Waals surface area contributed by atoms with Crippen molar-refractivity contribution in [2.45, 2.75) is 45.4 Å². The second-order valence-electron chi connectivity index (χ2n) is 7.33. The molecule has 2 fully saturated rings. The third-order valence-electron chi connectivity index (χ3n) is 5.50. The van der Waals surface area contributed by atoms with Crippen molar-refractivity contribution in [3.05, 3.63) is 24.0 Å². The zero-order valence-corrected chi connectivity index (χ0v) is 15.7. The normalized spacial score (nSPS) is 18.7. The van der Waals surface area contributed by atoms with Gasteiger partial charge in [0, 0.05) is 51.0 Å². The van der Waals surface area contributed by atoms with Crippen molar-refractivity contribution in [1.29, 1.82) is 0 Å². The van der Waals surface area contributed by atoms with Gasteiger partial charge in [0.1, 0.15) is 5.69 Å². The van der Waals surface area contributed by atoms with Gasteiger partial charge in [-0.05, 0) is 37.8 Å². The minimum absolute atomic E-state index is 0.143. The monoisotopic (exact) mass is 358 g/mol. The molecule has 0 radical (unpaired) electrons. The highest BCUT2D eigenvalue weighted by Crippen LogP contribution is 2.27. The lowest BCUT2D eigenvalue weighted by Gasteiger charge is -2.37. The summed E-state index contributed by atoms with van der Waals surface area (Å²) in [5.41, 5.74) is 1.45. The Morgan fingerprint density at radius 2 is 1.88 bits per heavy atom. The molecule has 6 nitrogen and oxygen atoms in total. The van der Waals surface area contributed by atoms with Gasteiger partial charge in [-0.2, -0.15) is 0 Å². The molecule has 1 saturated heterocycles. The van der Waals surface area contributed by atoms with E-state index in [9.17, 15) is 9.59 Å². The van der Waals surface area contributed by atoms with Gasteiger partial charge in [0.05, 0.1) is 0 Å². The number of piperazine rings is 1. The Hall–Kier alpha value is -2.11.